The Morgan fingerprint density at radius 3 is 2.56 bits per heavy atom. The molecule has 2 fully saturated rings. The number of aromatic nitrogens is 4. The number of hydrogen-bond acceptors (Lipinski definition) is 6. The van der Waals surface area contributed by atoms with Gasteiger partial charge in [-0.2, -0.15) is 18.3 Å². The van der Waals surface area contributed by atoms with Crippen molar-refractivity contribution in [3.63, 3.8) is 0 Å². The van der Waals surface area contributed by atoms with E-state index in [1.807, 2.05) is 0 Å². The van der Waals surface area contributed by atoms with Gasteiger partial charge >= 0.3 is 6.18 Å². The van der Waals surface area contributed by atoms with Crippen molar-refractivity contribution < 1.29 is 35.9 Å². The van der Waals surface area contributed by atoms with Crippen LogP contribution in [-0.2, 0) is 11.0 Å². The van der Waals surface area contributed by atoms with Gasteiger partial charge in [0, 0.05) is 30.9 Å². The molecule has 190 valence electrons. The molecule has 1 saturated carbocycles. The van der Waals surface area contributed by atoms with Crippen LogP contribution in [0.1, 0.15) is 22.3 Å². The number of alkyl halides is 6. The van der Waals surface area contributed by atoms with Gasteiger partial charge in [0.1, 0.15) is 23.9 Å². The minimum absolute atomic E-state index is 0.0695. The van der Waals surface area contributed by atoms with E-state index in [1.165, 1.54) is 12.3 Å². The van der Waals surface area contributed by atoms with Crippen LogP contribution in [0.4, 0.5) is 32.2 Å². The van der Waals surface area contributed by atoms with Crippen LogP contribution in [0, 0.1) is 5.92 Å². The van der Waals surface area contributed by atoms with Crippen molar-refractivity contribution in [1.29, 1.82) is 0 Å². The molecule has 5 rings (SSSR count). The van der Waals surface area contributed by atoms with Gasteiger partial charge in [0.15, 0.2) is 5.82 Å². The average Bonchev–Trinajstić information content (AvgIpc) is 3.12. The first-order valence-corrected chi connectivity index (χ1v) is 10.6. The number of pyridine rings is 1. The highest BCUT2D eigenvalue weighted by Crippen LogP contribution is 2.49. The van der Waals surface area contributed by atoms with Crippen molar-refractivity contribution in [2.75, 3.05) is 18.8 Å². The molecule has 0 spiro atoms. The van der Waals surface area contributed by atoms with Crippen LogP contribution in [0.3, 0.4) is 0 Å². The summed E-state index contributed by atoms with van der Waals surface area (Å²) >= 11 is 0. The maximum absolute atomic E-state index is 14.5. The number of anilines is 1. The number of nitrogens with one attached hydrogen (secondary N) is 1. The number of rotatable bonds is 4. The Kier molecular flexibility index (Phi) is 5.33. The van der Waals surface area contributed by atoms with Crippen LogP contribution in [-0.4, -0.2) is 67.5 Å². The van der Waals surface area contributed by atoms with E-state index in [0.717, 1.165) is 28.0 Å². The average molecular weight is 513 g/mol. The Balaban J connectivity index is 1.38. The lowest BCUT2D eigenvalue weighted by molar-refractivity contribution is -0.136. The SMILES string of the molecule is Nc1ncnn2c(-c3cncc(C(=O)N[C@@H]4CN(C(=O)C5CC5(F)F)C[C@@H]4F)c3)cc(C(F)(F)F)c12. The van der Waals surface area contributed by atoms with E-state index in [1.54, 1.807) is 0 Å². The van der Waals surface area contributed by atoms with Gasteiger partial charge in [-0.25, -0.2) is 22.7 Å². The molecule has 9 nitrogen and oxygen atoms in total. The normalized spacial score (nSPS) is 23.2. The van der Waals surface area contributed by atoms with Gasteiger partial charge in [0.2, 0.25) is 5.91 Å². The summed E-state index contributed by atoms with van der Waals surface area (Å²) in [6, 6.07) is 0.874. The molecule has 1 aliphatic heterocycles. The number of halogens is 6. The third-order valence-corrected chi connectivity index (χ3v) is 6.19. The molecule has 0 radical (unpaired) electrons. The number of hydrogen-bond donors (Lipinski definition) is 2. The maximum Gasteiger partial charge on any atom is 0.418 e. The predicted molar refractivity (Wildman–Crippen MR) is 111 cm³/mol. The Morgan fingerprint density at radius 1 is 1.17 bits per heavy atom. The van der Waals surface area contributed by atoms with E-state index >= 15 is 0 Å². The van der Waals surface area contributed by atoms with Crippen molar-refractivity contribution >= 4 is 23.1 Å². The van der Waals surface area contributed by atoms with E-state index in [9.17, 15) is 35.9 Å². The van der Waals surface area contributed by atoms with Gasteiger partial charge in [0.05, 0.1) is 29.4 Å². The summed E-state index contributed by atoms with van der Waals surface area (Å²) < 4.78 is 82.5. The molecule has 3 aromatic rings. The van der Waals surface area contributed by atoms with E-state index in [-0.39, 0.29) is 23.4 Å². The Bertz CT molecular complexity index is 1370. The molecular weight excluding hydrogens is 496 g/mol. The van der Waals surface area contributed by atoms with Crippen LogP contribution < -0.4 is 11.1 Å². The van der Waals surface area contributed by atoms with Crippen molar-refractivity contribution in [2.24, 2.45) is 5.92 Å². The third-order valence-electron chi connectivity index (χ3n) is 6.19. The summed E-state index contributed by atoms with van der Waals surface area (Å²) in [5.74, 6) is -6.65. The number of fused-ring (bicyclic) bond motifs is 1. The van der Waals surface area contributed by atoms with Crippen LogP contribution in [0.2, 0.25) is 0 Å². The van der Waals surface area contributed by atoms with Crippen molar-refractivity contribution in [3.05, 3.63) is 42.0 Å². The molecule has 1 unspecified atom stereocenters. The largest absolute Gasteiger partial charge is 0.418 e. The third kappa shape index (κ3) is 4.07. The molecule has 0 aromatic carbocycles. The highest BCUT2D eigenvalue weighted by atomic mass is 19.4. The summed E-state index contributed by atoms with van der Waals surface area (Å²) in [6.45, 7) is -0.730. The summed E-state index contributed by atoms with van der Waals surface area (Å²) in [7, 11) is 0. The first-order valence-electron chi connectivity index (χ1n) is 10.6. The number of nitrogens with two attached hydrogens (primary N) is 1. The Hall–Kier alpha value is -3.91. The lowest BCUT2D eigenvalue weighted by Crippen LogP contribution is -2.42. The van der Waals surface area contributed by atoms with Crippen LogP contribution >= 0.6 is 0 Å². The van der Waals surface area contributed by atoms with E-state index in [4.69, 9.17) is 5.73 Å². The lowest BCUT2D eigenvalue weighted by atomic mass is 10.1. The fourth-order valence-electron chi connectivity index (χ4n) is 4.23. The first-order chi connectivity index (χ1) is 16.9. The zero-order valence-corrected chi connectivity index (χ0v) is 18.1. The van der Waals surface area contributed by atoms with E-state index in [0.29, 0.717) is 0 Å². The van der Waals surface area contributed by atoms with Crippen LogP contribution in [0.25, 0.3) is 16.8 Å². The summed E-state index contributed by atoms with van der Waals surface area (Å²) in [5.41, 5.74) is 4.00. The highest BCUT2D eigenvalue weighted by molar-refractivity contribution is 5.95. The van der Waals surface area contributed by atoms with Crippen molar-refractivity contribution in [2.45, 2.75) is 30.7 Å². The fraction of sp³-hybridized carbons (Fsp3) is 0.381. The minimum Gasteiger partial charge on any atom is -0.382 e. The topological polar surface area (TPSA) is 119 Å². The standard InChI is InChI=1S/C21H17F6N7O2/c22-13-6-33(19(36)12-3-20(12,23)24)7-14(13)32-18(35)10-1-9(4-29-5-10)15-2-11(21(25,26)27)16-17(28)30-8-31-34(15)16/h1-2,4-5,8,12-14H,3,6-7H2,(H,32,35)(H2,28,30,31)/t12?,13-,14+/m0/s1. The van der Waals surface area contributed by atoms with Gasteiger partial charge in [-0.1, -0.05) is 0 Å². The number of carbonyl (C=O) groups excluding carboxylic acids is 2. The summed E-state index contributed by atoms with van der Waals surface area (Å²) in [5, 5.41) is 6.23. The minimum atomic E-state index is -4.77. The van der Waals surface area contributed by atoms with E-state index in [2.05, 4.69) is 20.4 Å². The monoisotopic (exact) mass is 513 g/mol. The molecule has 0 bridgehead atoms. The van der Waals surface area contributed by atoms with Gasteiger partial charge in [-0.05, 0) is 12.1 Å². The number of amides is 2. The zero-order chi connectivity index (χ0) is 26.0. The van der Waals surface area contributed by atoms with Crippen molar-refractivity contribution in [3.8, 4) is 11.3 Å². The lowest BCUT2D eigenvalue weighted by Gasteiger charge is -2.16. The maximum atomic E-state index is 14.5. The predicted octanol–water partition coefficient (Wildman–Crippen LogP) is 2.33. The summed E-state index contributed by atoms with van der Waals surface area (Å²) in [6.07, 6.45) is -3.74. The molecule has 36 heavy (non-hydrogen) atoms. The number of nitrogens with zero attached hydrogens (tertiary/aromatic N) is 5. The number of carbonyl (C=O) groups is 2. The molecule has 3 aromatic heterocycles. The molecule has 1 saturated heterocycles. The fourth-order valence-corrected chi connectivity index (χ4v) is 4.23. The molecule has 3 N–H and O–H groups in total. The molecule has 2 amide bonds. The van der Waals surface area contributed by atoms with Gasteiger partial charge in [-0.15, -0.1) is 0 Å². The Labute approximate surface area is 198 Å². The second-order valence-corrected chi connectivity index (χ2v) is 8.67. The quantitative estimate of drug-likeness (QED) is 0.517. The summed E-state index contributed by atoms with van der Waals surface area (Å²) in [4.78, 5) is 33.3. The number of nitrogen functional groups attached to an aromatic ring is 1. The molecule has 2 aliphatic rings. The molecular formula is C21H17F6N7O2. The number of likely N-dealkylation sites (tertiary alicyclic amines) is 1. The second kappa shape index (κ2) is 8.06. The van der Waals surface area contributed by atoms with Gasteiger partial charge in [0.25, 0.3) is 11.8 Å². The van der Waals surface area contributed by atoms with Gasteiger partial charge < -0.3 is 16.0 Å². The van der Waals surface area contributed by atoms with Crippen LogP contribution in [0.15, 0.2) is 30.9 Å². The van der Waals surface area contributed by atoms with Crippen LogP contribution in [0.5, 0.6) is 0 Å². The molecule has 4 heterocycles. The molecule has 15 heteroatoms. The van der Waals surface area contributed by atoms with Crippen molar-refractivity contribution in [1.82, 2.24) is 29.8 Å². The first kappa shape index (κ1) is 23.8. The Morgan fingerprint density at radius 2 is 1.89 bits per heavy atom. The van der Waals surface area contributed by atoms with E-state index < -0.39 is 71.9 Å². The smallest absolute Gasteiger partial charge is 0.382 e. The second-order valence-electron chi connectivity index (χ2n) is 8.67. The van der Waals surface area contributed by atoms with Gasteiger partial charge in [-0.3, -0.25) is 14.6 Å². The highest BCUT2D eigenvalue weighted by Gasteiger charge is 2.63. The molecule has 1 aliphatic carbocycles. The zero-order valence-electron chi connectivity index (χ0n) is 18.1. The molecule has 3 atom stereocenters.